The maximum absolute atomic E-state index is 12.2. The summed E-state index contributed by atoms with van der Waals surface area (Å²) in [6.45, 7) is 3.76. The van der Waals surface area contributed by atoms with Crippen LogP contribution in [0.2, 0.25) is 5.02 Å². The summed E-state index contributed by atoms with van der Waals surface area (Å²) in [6, 6.07) is 1.23. The summed E-state index contributed by atoms with van der Waals surface area (Å²) in [6.07, 6.45) is 1.95. The number of anilines is 1. The topological polar surface area (TPSA) is 76.3 Å². The molecule has 96 valence electrons. The average molecular weight is 278 g/mol. The van der Waals surface area contributed by atoms with Gasteiger partial charge in [-0.15, -0.1) is 0 Å². The molecule has 1 heterocycles. The van der Waals surface area contributed by atoms with E-state index in [1.165, 1.54) is 23.6 Å². The van der Waals surface area contributed by atoms with Gasteiger partial charge in [-0.2, -0.15) is 4.31 Å². The van der Waals surface area contributed by atoms with Crippen molar-refractivity contribution < 1.29 is 8.42 Å². The zero-order valence-electron chi connectivity index (χ0n) is 10.0. The van der Waals surface area contributed by atoms with Crippen molar-refractivity contribution in [3.05, 3.63) is 17.3 Å². The summed E-state index contributed by atoms with van der Waals surface area (Å²) in [5, 5.41) is 0.142. The summed E-state index contributed by atoms with van der Waals surface area (Å²) >= 11 is 5.77. The zero-order valence-corrected chi connectivity index (χ0v) is 11.6. The molecule has 0 saturated carbocycles. The van der Waals surface area contributed by atoms with Gasteiger partial charge in [0, 0.05) is 19.3 Å². The summed E-state index contributed by atoms with van der Waals surface area (Å²) < 4.78 is 25.7. The molecule has 0 spiro atoms. The third kappa shape index (κ3) is 2.88. The highest BCUT2D eigenvalue weighted by Gasteiger charge is 2.25. The summed E-state index contributed by atoms with van der Waals surface area (Å²) in [5.74, 6) is 0.122. The third-order valence-electron chi connectivity index (χ3n) is 2.73. The van der Waals surface area contributed by atoms with E-state index in [1.54, 1.807) is 0 Å². The van der Waals surface area contributed by atoms with Gasteiger partial charge in [0.25, 0.3) is 0 Å². The maximum Gasteiger partial charge on any atom is 0.244 e. The highest BCUT2D eigenvalue weighted by atomic mass is 35.5. The van der Waals surface area contributed by atoms with E-state index in [-0.39, 0.29) is 21.8 Å². The van der Waals surface area contributed by atoms with E-state index in [9.17, 15) is 8.42 Å². The van der Waals surface area contributed by atoms with E-state index in [2.05, 4.69) is 4.98 Å². The molecule has 1 aromatic rings. The lowest BCUT2D eigenvalue weighted by Gasteiger charge is -2.23. The van der Waals surface area contributed by atoms with E-state index in [0.29, 0.717) is 0 Å². The molecule has 1 atom stereocenters. The predicted molar refractivity (Wildman–Crippen MR) is 68.4 cm³/mol. The Labute approximate surface area is 107 Å². The SMILES string of the molecule is CCC(C)N(C)S(=O)(=O)c1cnc(N)c(Cl)c1. The van der Waals surface area contributed by atoms with Crippen LogP contribution in [0.1, 0.15) is 20.3 Å². The molecule has 0 saturated heterocycles. The molecule has 0 aromatic carbocycles. The first-order chi connectivity index (χ1) is 7.80. The number of nitrogen functional groups attached to an aromatic ring is 1. The molecule has 0 aliphatic carbocycles. The quantitative estimate of drug-likeness (QED) is 0.909. The van der Waals surface area contributed by atoms with Crippen molar-refractivity contribution in [1.82, 2.24) is 9.29 Å². The fourth-order valence-electron chi connectivity index (χ4n) is 1.23. The lowest BCUT2D eigenvalue weighted by molar-refractivity contribution is 0.380. The molecule has 0 fully saturated rings. The van der Waals surface area contributed by atoms with Crippen molar-refractivity contribution in [1.29, 1.82) is 0 Å². The highest BCUT2D eigenvalue weighted by molar-refractivity contribution is 7.89. The van der Waals surface area contributed by atoms with Gasteiger partial charge < -0.3 is 5.73 Å². The van der Waals surface area contributed by atoms with Crippen LogP contribution < -0.4 is 5.73 Å². The molecule has 0 aliphatic heterocycles. The van der Waals surface area contributed by atoms with Crippen molar-refractivity contribution in [3.63, 3.8) is 0 Å². The highest BCUT2D eigenvalue weighted by Crippen LogP contribution is 2.23. The zero-order chi connectivity index (χ0) is 13.2. The Hall–Kier alpha value is -0.850. The first-order valence-electron chi connectivity index (χ1n) is 5.19. The molecule has 17 heavy (non-hydrogen) atoms. The van der Waals surface area contributed by atoms with Gasteiger partial charge in [-0.05, 0) is 19.4 Å². The summed E-state index contributed by atoms with van der Waals surface area (Å²) in [7, 11) is -2.02. The molecule has 1 aromatic heterocycles. The van der Waals surface area contributed by atoms with Crippen molar-refractivity contribution in [2.75, 3.05) is 12.8 Å². The lowest BCUT2D eigenvalue weighted by atomic mass is 10.3. The van der Waals surface area contributed by atoms with Crippen LogP contribution in [0.5, 0.6) is 0 Å². The molecule has 0 bridgehead atoms. The Bertz CT molecular complexity index is 504. The number of rotatable bonds is 4. The van der Waals surface area contributed by atoms with Crippen molar-refractivity contribution in [2.45, 2.75) is 31.2 Å². The second kappa shape index (κ2) is 5.20. The minimum atomic E-state index is -3.56. The molecule has 1 unspecified atom stereocenters. The number of nitrogens with zero attached hydrogens (tertiary/aromatic N) is 2. The van der Waals surface area contributed by atoms with Gasteiger partial charge in [-0.1, -0.05) is 18.5 Å². The predicted octanol–water partition coefficient (Wildman–Crippen LogP) is 1.74. The first kappa shape index (κ1) is 14.2. The van der Waals surface area contributed by atoms with Crippen LogP contribution in [-0.4, -0.2) is 30.8 Å². The Morgan fingerprint density at radius 1 is 1.59 bits per heavy atom. The minimum Gasteiger partial charge on any atom is -0.382 e. The number of sulfonamides is 1. The van der Waals surface area contributed by atoms with Gasteiger partial charge >= 0.3 is 0 Å². The Balaban J connectivity index is 3.17. The fraction of sp³-hybridized carbons (Fsp3) is 0.500. The van der Waals surface area contributed by atoms with E-state index in [0.717, 1.165) is 6.42 Å². The molecule has 0 radical (unpaired) electrons. The van der Waals surface area contributed by atoms with Crippen molar-refractivity contribution in [3.8, 4) is 0 Å². The van der Waals surface area contributed by atoms with Crippen molar-refractivity contribution >= 4 is 27.4 Å². The van der Waals surface area contributed by atoms with Crippen LogP contribution in [0.3, 0.4) is 0 Å². The van der Waals surface area contributed by atoms with Gasteiger partial charge in [0.05, 0.1) is 5.02 Å². The van der Waals surface area contributed by atoms with Gasteiger partial charge in [-0.25, -0.2) is 13.4 Å². The molecular formula is C10H16ClN3O2S. The van der Waals surface area contributed by atoms with E-state index >= 15 is 0 Å². The third-order valence-corrected chi connectivity index (χ3v) is 4.97. The normalized spacial score (nSPS) is 13.9. The van der Waals surface area contributed by atoms with E-state index in [4.69, 9.17) is 17.3 Å². The molecule has 2 N–H and O–H groups in total. The molecule has 0 amide bonds. The second-order valence-corrected chi connectivity index (χ2v) is 6.22. The van der Waals surface area contributed by atoms with Crippen LogP contribution in [-0.2, 0) is 10.0 Å². The smallest absolute Gasteiger partial charge is 0.244 e. The number of hydrogen-bond acceptors (Lipinski definition) is 4. The number of pyridine rings is 1. The molecular weight excluding hydrogens is 262 g/mol. The molecule has 1 rings (SSSR count). The fourth-order valence-corrected chi connectivity index (χ4v) is 2.87. The Kier molecular flexibility index (Phi) is 4.35. The standard InChI is InChI=1S/C10H16ClN3O2S/c1-4-7(2)14(3)17(15,16)8-5-9(11)10(12)13-6-8/h5-7H,4H2,1-3H3,(H2,12,13). The molecule has 7 heteroatoms. The molecule has 5 nitrogen and oxygen atoms in total. The summed E-state index contributed by atoms with van der Waals surface area (Å²) in [4.78, 5) is 3.81. The number of aromatic nitrogens is 1. The van der Waals surface area contributed by atoms with Crippen LogP contribution in [0, 0.1) is 0 Å². The van der Waals surface area contributed by atoms with Gasteiger partial charge in [0.15, 0.2) is 0 Å². The number of hydrogen-bond donors (Lipinski definition) is 1. The average Bonchev–Trinajstić information content (AvgIpc) is 2.30. The van der Waals surface area contributed by atoms with Gasteiger partial charge in [-0.3, -0.25) is 0 Å². The lowest BCUT2D eigenvalue weighted by Crippen LogP contribution is -2.34. The van der Waals surface area contributed by atoms with E-state index in [1.807, 2.05) is 13.8 Å². The number of halogens is 1. The van der Waals surface area contributed by atoms with Crippen LogP contribution in [0.15, 0.2) is 17.2 Å². The second-order valence-electron chi connectivity index (χ2n) is 3.82. The minimum absolute atomic E-state index is 0.0551. The maximum atomic E-state index is 12.2. The van der Waals surface area contributed by atoms with Crippen molar-refractivity contribution in [2.24, 2.45) is 0 Å². The Morgan fingerprint density at radius 2 is 2.18 bits per heavy atom. The van der Waals surface area contributed by atoms with Crippen LogP contribution in [0.4, 0.5) is 5.82 Å². The van der Waals surface area contributed by atoms with Crippen LogP contribution in [0.25, 0.3) is 0 Å². The van der Waals surface area contributed by atoms with Gasteiger partial charge in [0.1, 0.15) is 10.7 Å². The monoisotopic (exact) mass is 277 g/mol. The van der Waals surface area contributed by atoms with Gasteiger partial charge in [0.2, 0.25) is 10.0 Å². The van der Waals surface area contributed by atoms with E-state index < -0.39 is 10.0 Å². The summed E-state index contributed by atoms with van der Waals surface area (Å²) in [5.41, 5.74) is 5.44. The van der Waals surface area contributed by atoms with Crippen LogP contribution >= 0.6 is 11.6 Å². The largest absolute Gasteiger partial charge is 0.382 e. The number of nitrogens with two attached hydrogens (primary N) is 1. The molecule has 0 aliphatic rings. The first-order valence-corrected chi connectivity index (χ1v) is 7.01. The Morgan fingerprint density at radius 3 is 2.65 bits per heavy atom.